The van der Waals surface area contributed by atoms with E-state index in [4.69, 9.17) is 11.6 Å². The molecule has 0 unspecified atom stereocenters. The van der Waals surface area contributed by atoms with E-state index in [1.807, 2.05) is 6.92 Å². The fraction of sp³-hybridized carbons (Fsp3) is 0.556. The van der Waals surface area contributed by atoms with Crippen LogP contribution in [0.4, 0.5) is 13.2 Å². The Morgan fingerprint density at radius 1 is 1.46 bits per heavy atom. The standard InChI is InChI=1S/C18H20ClF3N2O2/c1-3-11-4-7-15-13(9-11)17(26,18(20,21)22)24(23-15)16(25)12-5-6-14(19)10(2)8-12/h5-6,8,11,13,26H,3-4,7,9H2,1-2H3/t11-,13-,17+/m1/s1. The number of rotatable bonds is 2. The van der Waals surface area contributed by atoms with Crippen LogP contribution in [0.25, 0.3) is 0 Å². The molecule has 26 heavy (non-hydrogen) atoms. The van der Waals surface area contributed by atoms with E-state index in [9.17, 15) is 23.1 Å². The average Bonchev–Trinajstić information content (AvgIpc) is 2.90. The van der Waals surface area contributed by atoms with Gasteiger partial charge in [0.05, 0.1) is 5.92 Å². The van der Waals surface area contributed by atoms with E-state index >= 15 is 0 Å². The van der Waals surface area contributed by atoms with Crippen LogP contribution in [0.3, 0.4) is 0 Å². The third-order valence-electron chi connectivity index (χ3n) is 5.41. The molecular weight excluding hydrogens is 369 g/mol. The van der Waals surface area contributed by atoms with Gasteiger partial charge in [-0.15, -0.1) is 0 Å². The molecule has 0 spiro atoms. The summed E-state index contributed by atoms with van der Waals surface area (Å²) in [6.07, 6.45) is -3.07. The molecule has 1 aliphatic carbocycles. The fourth-order valence-corrected chi connectivity index (χ4v) is 3.89. The van der Waals surface area contributed by atoms with Gasteiger partial charge in [-0.3, -0.25) is 4.79 Å². The molecule has 1 aromatic rings. The molecule has 1 fully saturated rings. The smallest absolute Gasteiger partial charge is 0.362 e. The first-order valence-corrected chi connectivity index (χ1v) is 8.94. The van der Waals surface area contributed by atoms with Crippen molar-refractivity contribution in [2.45, 2.75) is 51.4 Å². The maximum atomic E-state index is 13.9. The van der Waals surface area contributed by atoms with E-state index in [0.717, 1.165) is 6.42 Å². The monoisotopic (exact) mass is 388 g/mol. The maximum Gasteiger partial charge on any atom is 0.439 e. The van der Waals surface area contributed by atoms with Gasteiger partial charge < -0.3 is 5.11 Å². The van der Waals surface area contributed by atoms with Crippen molar-refractivity contribution in [3.05, 3.63) is 34.3 Å². The first-order valence-electron chi connectivity index (χ1n) is 8.56. The molecule has 0 saturated heterocycles. The summed E-state index contributed by atoms with van der Waals surface area (Å²) in [7, 11) is 0. The van der Waals surface area contributed by atoms with Gasteiger partial charge in [-0.2, -0.15) is 23.3 Å². The van der Waals surface area contributed by atoms with E-state index in [2.05, 4.69) is 5.10 Å². The normalized spacial score (nSPS) is 28.7. The highest BCUT2D eigenvalue weighted by Gasteiger charge is 2.68. The minimum atomic E-state index is -5.02. The molecule has 1 aromatic carbocycles. The van der Waals surface area contributed by atoms with Crippen LogP contribution in [-0.4, -0.2) is 33.6 Å². The number of halogens is 4. The average molecular weight is 389 g/mol. The molecule has 1 N–H and O–H groups in total. The molecule has 3 atom stereocenters. The van der Waals surface area contributed by atoms with Gasteiger partial charge in [-0.1, -0.05) is 24.9 Å². The number of nitrogens with zero attached hydrogens (tertiary/aromatic N) is 2. The highest BCUT2D eigenvalue weighted by Crippen LogP contribution is 2.50. The molecule has 1 aliphatic heterocycles. The zero-order valence-electron chi connectivity index (χ0n) is 14.5. The van der Waals surface area contributed by atoms with Gasteiger partial charge in [0.1, 0.15) is 0 Å². The molecule has 0 bridgehead atoms. The van der Waals surface area contributed by atoms with E-state index in [0.29, 0.717) is 23.4 Å². The van der Waals surface area contributed by atoms with Gasteiger partial charge in [-0.05, 0) is 55.9 Å². The van der Waals surface area contributed by atoms with Crippen LogP contribution in [0.2, 0.25) is 5.02 Å². The number of hydrogen-bond donors (Lipinski definition) is 1. The molecule has 1 amide bonds. The summed E-state index contributed by atoms with van der Waals surface area (Å²) in [4.78, 5) is 12.8. The van der Waals surface area contributed by atoms with Crippen molar-refractivity contribution in [3.63, 3.8) is 0 Å². The first kappa shape index (κ1) is 19.2. The number of hydrogen-bond acceptors (Lipinski definition) is 3. The van der Waals surface area contributed by atoms with Gasteiger partial charge in [0.25, 0.3) is 11.6 Å². The van der Waals surface area contributed by atoms with E-state index in [1.54, 1.807) is 6.92 Å². The van der Waals surface area contributed by atoms with Crippen molar-refractivity contribution in [3.8, 4) is 0 Å². The van der Waals surface area contributed by atoms with Crippen LogP contribution >= 0.6 is 11.6 Å². The number of aliphatic hydroxyl groups is 1. The Kier molecular flexibility index (Phi) is 4.82. The fourth-order valence-electron chi connectivity index (χ4n) is 3.77. The van der Waals surface area contributed by atoms with E-state index in [-0.39, 0.29) is 28.6 Å². The Hall–Kier alpha value is -1.60. The van der Waals surface area contributed by atoms with Crippen molar-refractivity contribution >= 4 is 23.2 Å². The van der Waals surface area contributed by atoms with Gasteiger partial charge >= 0.3 is 6.18 Å². The second-order valence-corrected chi connectivity index (χ2v) is 7.40. The topological polar surface area (TPSA) is 52.9 Å². The quantitative estimate of drug-likeness (QED) is 0.808. The van der Waals surface area contributed by atoms with Gasteiger partial charge in [-0.25, -0.2) is 0 Å². The number of aryl methyl sites for hydroxylation is 1. The largest absolute Gasteiger partial charge is 0.439 e. The van der Waals surface area contributed by atoms with Crippen molar-refractivity contribution in [2.24, 2.45) is 16.9 Å². The summed E-state index contributed by atoms with van der Waals surface area (Å²) in [5.41, 5.74) is -2.51. The number of alkyl halides is 3. The van der Waals surface area contributed by atoms with Crippen LogP contribution in [-0.2, 0) is 0 Å². The lowest BCUT2D eigenvalue weighted by atomic mass is 9.74. The minimum absolute atomic E-state index is 0.00427. The third-order valence-corrected chi connectivity index (χ3v) is 5.83. The molecule has 2 aliphatic rings. The van der Waals surface area contributed by atoms with Crippen LogP contribution in [0.15, 0.2) is 23.3 Å². The van der Waals surface area contributed by atoms with Gasteiger partial charge in [0.15, 0.2) is 0 Å². The Labute approximate surface area is 154 Å². The Morgan fingerprint density at radius 3 is 2.73 bits per heavy atom. The lowest BCUT2D eigenvalue weighted by Crippen LogP contribution is -2.61. The summed E-state index contributed by atoms with van der Waals surface area (Å²) in [6, 6.07) is 4.18. The number of amides is 1. The maximum absolute atomic E-state index is 13.9. The molecule has 4 nitrogen and oxygen atoms in total. The molecule has 1 saturated carbocycles. The molecule has 3 rings (SSSR count). The predicted molar refractivity (Wildman–Crippen MR) is 91.9 cm³/mol. The van der Waals surface area contributed by atoms with Crippen LogP contribution in [0, 0.1) is 18.8 Å². The Bertz CT molecular complexity index is 765. The summed E-state index contributed by atoms with van der Waals surface area (Å²) in [6.45, 7) is 3.56. The van der Waals surface area contributed by atoms with E-state index < -0.39 is 23.7 Å². The molecular formula is C18H20ClF3N2O2. The second kappa shape index (κ2) is 6.53. The number of benzene rings is 1. The third kappa shape index (κ3) is 2.91. The summed E-state index contributed by atoms with van der Waals surface area (Å²) in [5, 5.41) is 15.2. The SMILES string of the molecule is CC[C@@H]1CCC2=NN(C(=O)c3ccc(Cl)c(C)c3)[C@@](O)(C(F)(F)F)[C@@H]2C1. The number of carbonyl (C=O) groups excluding carboxylic acids is 1. The summed E-state index contributed by atoms with van der Waals surface area (Å²) >= 11 is 5.92. The zero-order chi connectivity index (χ0) is 19.3. The van der Waals surface area contributed by atoms with Crippen LogP contribution in [0.5, 0.6) is 0 Å². The number of carbonyl (C=O) groups is 1. The van der Waals surface area contributed by atoms with Crippen molar-refractivity contribution < 1.29 is 23.1 Å². The Balaban J connectivity index is 2.03. The highest BCUT2D eigenvalue weighted by molar-refractivity contribution is 6.31. The summed E-state index contributed by atoms with van der Waals surface area (Å²) < 4.78 is 41.6. The highest BCUT2D eigenvalue weighted by atomic mass is 35.5. The molecule has 1 heterocycles. The number of hydrazone groups is 1. The lowest BCUT2D eigenvalue weighted by Gasteiger charge is -2.39. The molecule has 0 radical (unpaired) electrons. The molecule has 0 aromatic heterocycles. The summed E-state index contributed by atoms with van der Waals surface area (Å²) in [5.74, 6) is -2.14. The predicted octanol–water partition coefficient (Wildman–Crippen LogP) is 4.54. The molecule has 8 heteroatoms. The lowest BCUT2D eigenvalue weighted by molar-refractivity contribution is -0.313. The van der Waals surface area contributed by atoms with Crippen LogP contribution in [0.1, 0.15) is 48.5 Å². The first-order chi connectivity index (χ1) is 12.1. The van der Waals surface area contributed by atoms with E-state index in [1.165, 1.54) is 18.2 Å². The van der Waals surface area contributed by atoms with Crippen molar-refractivity contribution in [1.29, 1.82) is 0 Å². The van der Waals surface area contributed by atoms with Gasteiger partial charge in [0.2, 0.25) is 0 Å². The van der Waals surface area contributed by atoms with Crippen molar-refractivity contribution in [1.82, 2.24) is 5.01 Å². The Morgan fingerprint density at radius 2 is 2.15 bits per heavy atom. The minimum Gasteiger partial charge on any atom is -0.362 e. The number of fused-ring (bicyclic) bond motifs is 1. The molecule has 142 valence electrons. The van der Waals surface area contributed by atoms with Crippen molar-refractivity contribution in [2.75, 3.05) is 0 Å². The van der Waals surface area contributed by atoms with Gasteiger partial charge in [0, 0.05) is 16.3 Å². The zero-order valence-corrected chi connectivity index (χ0v) is 15.2. The second-order valence-electron chi connectivity index (χ2n) is 7.00. The van der Waals surface area contributed by atoms with Crippen LogP contribution < -0.4 is 0 Å².